The molecule has 0 atom stereocenters. The average molecular weight is 300 g/mol. The minimum atomic E-state index is -4.50. The fourth-order valence-corrected chi connectivity index (χ4v) is 1.28. The first-order valence-corrected chi connectivity index (χ1v) is 5.68. The lowest BCUT2D eigenvalue weighted by atomic mass is 10.2. The van der Waals surface area contributed by atoms with E-state index in [-0.39, 0.29) is 11.6 Å². The number of amides is 1. The normalized spacial score (nSPS) is 13.4. The van der Waals surface area contributed by atoms with Crippen LogP contribution in [-0.2, 0) is 11.0 Å². The largest absolute Gasteiger partial charge is 0.465 e. The van der Waals surface area contributed by atoms with Gasteiger partial charge in [0.2, 0.25) is 0 Å². The first-order chi connectivity index (χ1) is 9.79. The number of carbonyl (C=O) groups excluding carboxylic acids is 1. The molecule has 0 aliphatic heterocycles. The highest BCUT2D eigenvalue weighted by atomic mass is 19.4. The van der Waals surface area contributed by atoms with Crippen molar-refractivity contribution in [2.24, 2.45) is 0 Å². The Morgan fingerprint density at radius 3 is 2.48 bits per heavy atom. The number of hydrogen-bond acceptors (Lipinski definition) is 3. The van der Waals surface area contributed by atoms with E-state index in [1.54, 1.807) is 17.5 Å². The number of rotatable bonds is 1. The number of nitrogens with zero attached hydrogens (tertiary/aromatic N) is 1. The molecular weight excluding hydrogens is 289 g/mol. The third kappa shape index (κ3) is 6.37. The number of carbonyl (C=O) groups is 2. The fraction of sp³-hybridized carbons (Fsp3) is 0.154. The molecule has 0 saturated heterocycles. The van der Waals surface area contributed by atoms with Gasteiger partial charge in [0.25, 0.3) is 0 Å². The highest BCUT2D eigenvalue weighted by Crippen LogP contribution is 2.29. The van der Waals surface area contributed by atoms with Gasteiger partial charge in [-0.1, -0.05) is 18.2 Å². The Morgan fingerprint density at radius 2 is 2.05 bits per heavy atom. The third-order valence-electron chi connectivity index (χ3n) is 2.17. The van der Waals surface area contributed by atoms with E-state index in [1.807, 2.05) is 12.2 Å². The summed E-state index contributed by atoms with van der Waals surface area (Å²) in [7, 11) is 0. The maximum Gasteiger partial charge on any atom is 0.416 e. The van der Waals surface area contributed by atoms with Crippen molar-refractivity contribution in [1.82, 2.24) is 4.98 Å². The van der Waals surface area contributed by atoms with Crippen LogP contribution in [0.1, 0.15) is 12.0 Å². The molecule has 5 nitrogen and oxygen atoms in total. The van der Waals surface area contributed by atoms with Gasteiger partial charge in [0.05, 0.1) is 5.56 Å². The molecule has 0 aromatic carbocycles. The molecule has 21 heavy (non-hydrogen) atoms. The summed E-state index contributed by atoms with van der Waals surface area (Å²) in [6, 6.07) is 1.38. The van der Waals surface area contributed by atoms with Crippen molar-refractivity contribution in [2.75, 3.05) is 5.32 Å². The Balaban J connectivity index is 0.000000262. The molecule has 1 aromatic rings. The van der Waals surface area contributed by atoms with E-state index in [0.717, 1.165) is 12.3 Å². The van der Waals surface area contributed by atoms with Crippen molar-refractivity contribution < 1.29 is 27.9 Å². The Morgan fingerprint density at radius 1 is 1.33 bits per heavy atom. The predicted molar refractivity (Wildman–Crippen MR) is 68.8 cm³/mol. The van der Waals surface area contributed by atoms with Crippen LogP contribution in [0.4, 0.5) is 23.8 Å². The molecule has 112 valence electrons. The smallest absolute Gasteiger partial charge is 0.416 e. The van der Waals surface area contributed by atoms with E-state index in [9.17, 15) is 22.8 Å². The van der Waals surface area contributed by atoms with E-state index in [2.05, 4.69) is 4.98 Å². The maximum absolute atomic E-state index is 12.1. The summed E-state index contributed by atoms with van der Waals surface area (Å²) in [5.41, 5.74) is -0.948. The first kappa shape index (κ1) is 16.4. The lowest BCUT2D eigenvalue weighted by Gasteiger charge is -2.07. The molecule has 0 saturated carbocycles. The van der Waals surface area contributed by atoms with Crippen LogP contribution >= 0.6 is 0 Å². The van der Waals surface area contributed by atoms with Gasteiger partial charge in [0.1, 0.15) is 5.82 Å². The predicted octanol–water partition coefficient (Wildman–Crippen LogP) is 3.26. The SMILES string of the molecule is O=C(O)Nc1cc(C(F)(F)F)ccn1.O=C1C=CC=CC1. The molecule has 0 unspecified atom stereocenters. The summed E-state index contributed by atoms with van der Waals surface area (Å²) >= 11 is 0. The number of aromatic nitrogens is 1. The highest BCUT2D eigenvalue weighted by molar-refractivity contribution is 5.92. The van der Waals surface area contributed by atoms with Crippen LogP contribution in [0.25, 0.3) is 0 Å². The van der Waals surface area contributed by atoms with Gasteiger partial charge >= 0.3 is 12.3 Å². The maximum atomic E-state index is 12.1. The standard InChI is InChI=1S/C7H5F3N2O2.C6H6O/c8-7(9,10)4-1-2-11-5(3-4)12-6(13)14;7-6-4-2-1-3-5-6/h1-3H,(H,11,12)(H,13,14);1-4H,5H2. The summed E-state index contributed by atoms with van der Waals surface area (Å²) in [6.07, 6.45) is 2.56. The van der Waals surface area contributed by atoms with Gasteiger partial charge in [-0.3, -0.25) is 10.1 Å². The molecule has 1 aromatic heterocycles. The zero-order chi connectivity index (χ0) is 15.9. The van der Waals surface area contributed by atoms with Crippen LogP contribution in [-0.4, -0.2) is 22.0 Å². The van der Waals surface area contributed by atoms with Crippen LogP contribution in [0, 0.1) is 0 Å². The molecule has 0 fully saturated rings. The van der Waals surface area contributed by atoms with Gasteiger partial charge in [0, 0.05) is 12.6 Å². The Bertz CT molecular complexity index is 580. The fourth-order valence-electron chi connectivity index (χ4n) is 1.28. The topological polar surface area (TPSA) is 79.3 Å². The minimum absolute atomic E-state index is 0.197. The number of pyridine rings is 1. The first-order valence-electron chi connectivity index (χ1n) is 5.68. The van der Waals surface area contributed by atoms with Gasteiger partial charge in [-0.05, 0) is 18.2 Å². The average Bonchev–Trinajstić information content (AvgIpc) is 2.39. The highest BCUT2D eigenvalue weighted by Gasteiger charge is 2.30. The molecular formula is C13H11F3N2O3. The van der Waals surface area contributed by atoms with Crippen LogP contribution in [0.2, 0.25) is 0 Å². The van der Waals surface area contributed by atoms with Crippen LogP contribution in [0.15, 0.2) is 42.6 Å². The summed E-state index contributed by atoms with van der Waals surface area (Å²) < 4.78 is 36.3. The van der Waals surface area contributed by atoms with Gasteiger partial charge in [0.15, 0.2) is 5.78 Å². The quantitative estimate of drug-likeness (QED) is 0.834. The molecule has 0 bridgehead atoms. The second-order valence-corrected chi connectivity index (χ2v) is 3.82. The zero-order valence-corrected chi connectivity index (χ0v) is 10.6. The molecule has 0 spiro atoms. The van der Waals surface area contributed by atoms with Gasteiger partial charge in [-0.25, -0.2) is 9.78 Å². The number of anilines is 1. The Hall–Kier alpha value is -2.64. The summed E-state index contributed by atoms with van der Waals surface area (Å²) in [5.74, 6) is -0.158. The second kappa shape index (κ2) is 7.22. The zero-order valence-electron chi connectivity index (χ0n) is 10.6. The van der Waals surface area contributed by atoms with Crippen molar-refractivity contribution in [1.29, 1.82) is 0 Å². The molecule has 2 rings (SSSR count). The summed E-state index contributed by atoms with van der Waals surface area (Å²) in [4.78, 5) is 23.8. The lowest BCUT2D eigenvalue weighted by Crippen LogP contribution is -2.11. The summed E-state index contributed by atoms with van der Waals surface area (Å²) in [6.45, 7) is 0. The van der Waals surface area contributed by atoms with Crippen LogP contribution in [0.3, 0.4) is 0 Å². The number of ketones is 1. The number of halogens is 3. The van der Waals surface area contributed by atoms with E-state index in [4.69, 9.17) is 5.11 Å². The molecule has 1 aliphatic carbocycles. The number of carboxylic acid groups (broad SMARTS) is 1. The van der Waals surface area contributed by atoms with E-state index >= 15 is 0 Å². The Labute approximate surface area is 117 Å². The molecule has 8 heteroatoms. The van der Waals surface area contributed by atoms with Crippen molar-refractivity contribution in [3.8, 4) is 0 Å². The van der Waals surface area contributed by atoms with E-state index in [0.29, 0.717) is 12.5 Å². The lowest BCUT2D eigenvalue weighted by molar-refractivity contribution is -0.137. The van der Waals surface area contributed by atoms with Crippen molar-refractivity contribution >= 4 is 17.7 Å². The third-order valence-corrected chi connectivity index (χ3v) is 2.17. The van der Waals surface area contributed by atoms with Crippen molar-refractivity contribution in [3.05, 3.63) is 48.2 Å². The molecule has 2 N–H and O–H groups in total. The number of allylic oxidation sites excluding steroid dienone is 4. The summed E-state index contributed by atoms with van der Waals surface area (Å²) in [5, 5.41) is 9.95. The van der Waals surface area contributed by atoms with E-state index in [1.165, 1.54) is 0 Å². The van der Waals surface area contributed by atoms with E-state index < -0.39 is 17.8 Å². The number of alkyl halides is 3. The van der Waals surface area contributed by atoms with Gasteiger partial charge in [-0.2, -0.15) is 13.2 Å². The van der Waals surface area contributed by atoms with Crippen molar-refractivity contribution in [2.45, 2.75) is 12.6 Å². The molecule has 1 heterocycles. The molecule has 1 aliphatic rings. The Kier molecular flexibility index (Phi) is 5.65. The second-order valence-electron chi connectivity index (χ2n) is 3.82. The van der Waals surface area contributed by atoms with Crippen LogP contribution < -0.4 is 5.32 Å². The molecule has 0 radical (unpaired) electrons. The van der Waals surface area contributed by atoms with Gasteiger partial charge in [-0.15, -0.1) is 0 Å². The monoisotopic (exact) mass is 300 g/mol. The van der Waals surface area contributed by atoms with Crippen molar-refractivity contribution in [3.63, 3.8) is 0 Å². The number of hydrogen-bond donors (Lipinski definition) is 2. The minimum Gasteiger partial charge on any atom is -0.465 e. The molecule has 1 amide bonds. The number of nitrogens with one attached hydrogen (secondary N) is 1. The van der Waals surface area contributed by atoms with Gasteiger partial charge < -0.3 is 5.11 Å². The van der Waals surface area contributed by atoms with Crippen LogP contribution in [0.5, 0.6) is 0 Å².